The second-order valence-corrected chi connectivity index (χ2v) is 7.03. The molecule has 9 heteroatoms. The highest BCUT2D eigenvalue weighted by Crippen LogP contribution is 2.29. The molecule has 3 aromatic heterocycles. The molecule has 4 rings (SSSR count). The molecule has 8 nitrogen and oxygen atoms in total. The van der Waals surface area contributed by atoms with Gasteiger partial charge in [0.2, 0.25) is 0 Å². The van der Waals surface area contributed by atoms with Gasteiger partial charge in [-0.3, -0.25) is 24.7 Å². The lowest BCUT2D eigenvalue weighted by Crippen LogP contribution is -2.38. The van der Waals surface area contributed by atoms with Crippen LogP contribution in [0.5, 0.6) is 0 Å². The number of nitrogens with zero attached hydrogens (tertiary/aromatic N) is 3. The van der Waals surface area contributed by atoms with Gasteiger partial charge in [-0.2, -0.15) is 0 Å². The third kappa shape index (κ3) is 3.49. The summed E-state index contributed by atoms with van der Waals surface area (Å²) in [6, 6.07) is 8.25. The van der Waals surface area contributed by atoms with Gasteiger partial charge in [0.1, 0.15) is 11.3 Å². The lowest BCUT2D eigenvalue weighted by atomic mass is 10.1. The van der Waals surface area contributed by atoms with Crippen molar-refractivity contribution in [2.75, 3.05) is 11.9 Å². The van der Waals surface area contributed by atoms with Gasteiger partial charge in [-0.25, -0.2) is 4.98 Å². The Hall–Kier alpha value is -3.33. The number of nitrogens with one attached hydrogen (secondary N) is 2. The molecule has 0 unspecified atom stereocenters. The number of aromatic amines is 1. The number of hydrogen-bond donors (Lipinski definition) is 2. The number of thiazole rings is 1. The van der Waals surface area contributed by atoms with E-state index in [-0.39, 0.29) is 17.4 Å². The Balaban J connectivity index is 1.49. The molecule has 136 valence electrons. The predicted octanol–water partition coefficient (Wildman–Crippen LogP) is 1.68. The van der Waals surface area contributed by atoms with Gasteiger partial charge in [0, 0.05) is 30.2 Å². The van der Waals surface area contributed by atoms with E-state index in [4.69, 9.17) is 0 Å². The standard InChI is InChI=1S/C18H15N5O3S/c24-15-11(4-3-8-20-15)17(26)23-9-6-12-14(10-23)27-18(21-12)22-16(25)13-5-1-2-7-19-13/h1-5,7-8H,6,9-10H2,(H,20,24)(H,21,22,25). The summed E-state index contributed by atoms with van der Waals surface area (Å²) >= 11 is 1.33. The summed E-state index contributed by atoms with van der Waals surface area (Å²) in [4.78, 5) is 50.2. The van der Waals surface area contributed by atoms with Crippen LogP contribution in [0.3, 0.4) is 0 Å². The Labute approximate surface area is 157 Å². The number of pyridine rings is 2. The molecule has 0 fully saturated rings. The highest BCUT2D eigenvalue weighted by Gasteiger charge is 2.26. The number of carbonyl (C=O) groups is 2. The fraction of sp³-hybridized carbons (Fsp3) is 0.167. The molecule has 0 saturated carbocycles. The molecule has 0 radical (unpaired) electrons. The SMILES string of the molecule is O=C(Nc1nc2c(s1)CN(C(=O)c1ccc[nH]c1=O)CC2)c1ccccn1. The molecule has 1 aliphatic heterocycles. The number of anilines is 1. The summed E-state index contributed by atoms with van der Waals surface area (Å²) < 4.78 is 0. The molecule has 0 atom stereocenters. The predicted molar refractivity (Wildman–Crippen MR) is 99.8 cm³/mol. The molecule has 0 saturated heterocycles. The van der Waals surface area contributed by atoms with E-state index in [1.165, 1.54) is 23.6 Å². The Bertz CT molecular complexity index is 1060. The quantitative estimate of drug-likeness (QED) is 0.718. The minimum Gasteiger partial charge on any atom is -0.333 e. The van der Waals surface area contributed by atoms with Crippen molar-refractivity contribution in [3.8, 4) is 0 Å². The summed E-state index contributed by atoms with van der Waals surface area (Å²) in [6.45, 7) is 0.831. The van der Waals surface area contributed by atoms with Crippen molar-refractivity contribution in [3.63, 3.8) is 0 Å². The summed E-state index contributed by atoms with van der Waals surface area (Å²) in [6.07, 6.45) is 3.62. The van der Waals surface area contributed by atoms with Gasteiger partial charge in [0.05, 0.1) is 12.2 Å². The maximum atomic E-state index is 12.6. The molecule has 3 aromatic rings. The topological polar surface area (TPSA) is 108 Å². The zero-order valence-corrected chi connectivity index (χ0v) is 15.0. The number of aromatic nitrogens is 3. The van der Waals surface area contributed by atoms with Gasteiger partial charge in [0.25, 0.3) is 17.4 Å². The maximum absolute atomic E-state index is 12.6. The number of carbonyl (C=O) groups excluding carboxylic acids is 2. The normalized spacial score (nSPS) is 13.1. The van der Waals surface area contributed by atoms with Crippen LogP contribution in [0.1, 0.15) is 31.4 Å². The zero-order valence-electron chi connectivity index (χ0n) is 14.1. The molecule has 0 spiro atoms. The monoisotopic (exact) mass is 381 g/mol. The van der Waals surface area contributed by atoms with E-state index in [1.54, 1.807) is 35.4 Å². The first-order chi connectivity index (χ1) is 13.1. The lowest BCUT2D eigenvalue weighted by molar-refractivity contribution is 0.0734. The molecule has 2 amide bonds. The van der Waals surface area contributed by atoms with E-state index in [0.29, 0.717) is 30.3 Å². The average molecular weight is 381 g/mol. The Morgan fingerprint density at radius 2 is 2.11 bits per heavy atom. The van der Waals surface area contributed by atoms with Crippen LogP contribution in [-0.2, 0) is 13.0 Å². The fourth-order valence-corrected chi connectivity index (χ4v) is 3.86. The van der Waals surface area contributed by atoms with Crippen LogP contribution in [0.2, 0.25) is 0 Å². The van der Waals surface area contributed by atoms with Gasteiger partial charge in [-0.05, 0) is 24.3 Å². The summed E-state index contributed by atoms with van der Waals surface area (Å²) in [7, 11) is 0. The van der Waals surface area contributed by atoms with Crippen LogP contribution in [0.15, 0.2) is 47.5 Å². The molecule has 4 heterocycles. The maximum Gasteiger partial charge on any atom is 0.276 e. The van der Waals surface area contributed by atoms with Crippen molar-refractivity contribution >= 4 is 28.3 Å². The molecule has 0 bridgehead atoms. The number of fused-ring (bicyclic) bond motifs is 1. The first kappa shape index (κ1) is 17.1. The number of hydrogen-bond acceptors (Lipinski definition) is 6. The fourth-order valence-electron chi connectivity index (χ4n) is 2.84. The molecule has 0 aliphatic carbocycles. The van der Waals surface area contributed by atoms with Crippen molar-refractivity contribution in [1.82, 2.24) is 19.9 Å². The second-order valence-electron chi connectivity index (χ2n) is 5.95. The first-order valence-electron chi connectivity index (χ1n) is 8.30. The minimum atomic E-state index is -0.402. The molecule has 1 aliphatic rings. The molecular weight excluding hydrogens is 366 g/mol. The smallest absolute Gasteiger partial charge is 0.276 e. The lowest BCUT2D eigenvalue weighted by Gasteiger charge is -2.25. The molecule has 2 N–H and O–H groups in total. The van der Waals surface area contributed by atoms with Gasteiger partial charge < -0.3 is 9.88 Å². The van der Waals surface area contributed by atoms with E-state index in [0.717, 1.165) is 10.6 Å². The molecule has 0 aromatic carbocycles. The van der Waals surface area contributed by atoms with Crippen LogP contribution >= 0.6 is 11.3 Å². The third-order valence-corrected chi connectivity index (χ3v) is 5.18. The summed E-state index contributed by atoms with van der Waals surface area (Å²) in [5.41, 5.74) is 0.892. The van der Waals surface area contributed by atoms with E-state index in [2.05, 4.69) is 20.3 Å². The highest BCUT2D eigenvalue weighted by atomic mass is 32.1. The third-order valence-electron chi connectivity index (χ3n) is 4.19. The number of H-pyrrole nitrogens is 1. The van der Waals surface area contributed by atoms with Crippen molar-refractivity contribution in [1.29, 1.82) is 0 Å². The van der Waals surface area contributed by atoms with E-state index < -0.39 is 5.56 Å². The minimum absolute atomic E-state index is 0.120. The van der Waals surface area contributed by atoms with Crippen molar-refractivity contribution < 1.29 is 9.59 Å². The van der Waals surface area contributed by atoms with Crippen molar-refractivity contribution in [2.45, 2.75) is 13.0 Å². The number of rotatable bonds is 3. The van der Waals surface area contributed by atoms with E-state index >= 15 is 0 Å². The summed E-state index contributed by atoms with van der Waals surface area (Å²) in [5.74, 6) is -0.638. The van der Waals surface area contributed by atoms with Crippen LogP contribution in [0.25, 0.3) is 0 Å². The molecular formula is C18H15N5O3S. The van der Waals surface area contributed by atoms with Gasteiger partial charge in [-0.1, -0.05) is 17.4 Å². The number of amides is 2. The van der Waals surface area contributed by atoms with Gasteiger partial charge in [-0.15, -0.1) is 0 Å². The van der Waals surface area contributed by atoms with Crippen LogP contribution in [0.4, 0.5) is 5.13 Å². The first-order valence-corrected chi connectivity index (χ1v) is 9.11. The van der Waals surface area contributed by atoms with Gasteiger partial charge in [0.15, 0.2) is 5.13 Å². The molecule has 27 heavy (non-hydrogen) atoms. The van der Waals surface area contributed by atoms with Crippen LogP contribution in [-0.4, -0.2) is 38.2 Å². The van der Waals surface area contributed by atoms with E-state index in [9.17, 15) is 14.4 Å². The Morgan fingerprint density at radius 3 is 2.89 bits per heavy atom. The van der Waals surface area contributed by atoms with E-state index in [1.807, 2.05) is 0 Å². The van der Waals surface area contributed by atoms with Crippen molar-refractivity contribution in [2.24, 2.45) is 0 Å². The van der Waals surface area contributed by atoms with Crippen LogP contribution < -0.4 is 10.9 Å². The average Bonchev–Trinajstić information content (AvgIpc) is 3.10. The second kappa shape index (κ2) is 7.12. The summed E-state index contributed by atoms with van der Waals surface area (Å²) in [5, 5.41) is 3.22. The Kier molecular flexibility index (Phi) is 4.51. The highest BCUT2D eigenvalue weighted by molar-refractivity contribution is 7.15. The van der Waals surface area contributed by atoms with Crippen molar-refractivity contribution in [3.05, 3.63) is 74.9 Å². The Morgan fingerprint density at radius 1 is 1.22 bits per heavy atom. The van der Waals surface area contributed by atoms with Gasteiger partial charge >= 0.3 is 0 Å². The largest absolute Gasteiger partial charge is 0.333 e. The van der Waals surface area contributed by atoms with Crippen LogP contribution in [0, 0.1) is 0 Å². The zero-order chi connectivity index (χ0) is 18.8.